The number of hydrogen-bond acceptors (Lipinski definition) is 4. The van der Waals surface area contributed by atoms with Gasteiger partial charge in [-0.15, -0.1) is 0 Å². The molecule has 1 aliphatic rings. The third-order valence-electron chi connectivity index (χ3n) is 3.01. The van der Waals surface area contributed by atoms with Crippen molar-refractivity contribution in [3.8, 4) is 0 Å². The zero-order chi connectivity index (χ0) is 12.4. The molecular formula is C14H15N3O. The van der Waals surface area contributed by atoms with Gasteiger partial charge in [-0.05, 0) is 42.5 Å². The van der Waals surface area contributed by atoms with Crippen LogP contribution in [0.15, 0.2) is 28.8 Å². The van der Waals surface area contributed by atoms with E-state index in [0.29, 0.717) is 5.89 Å². The summed E-state index contributed by atoms with van der Waals surface area (Å²) >= 11 is 0. The Morgan fingerprint density at radius 2 is 2.00 bits per heavy atom. The highest BCUT2D eigenvalue weighted by Crippen LogP contribution is 2.31. The zero-order valence-electron chi connectivity index (χ0n) is 10.0. The van der Waals surface area contributed by atoms with E-state index in [-0.39, 0.29) is 0 Å². The summed E-state index contributed by atoms with van der Waals surface area (Å²) in [5, 5.41) is 3.97. The number of aromatic nitrogens is 2. The lowest BCUT2D eigenvalue weighted by Crippen LogP contribution is -1.88. The summed E-state index contributed by atoms with van der Waals surface area (Å²) in [6.45, 7) is 0. The molecule has 92 valence electrons. The predicted molar refractivity (Wildman–Crippen MR) is 70.5 cm³/mol. The first-order valence-electron chi connectivity index (χ1n) is 6.16. The standard InChI is InChI=1S/C14H15N3O/c15-12-6-3-10(4-7-12)5-8-14-16-13(17-18-14)9-11-1-2-11/h3-8,11H,1-2,9,15H2/b8-5+. The zero-order valence-corrected chi connectivity index (χ0v) is 10.0. The molecule has 1 aromatic carbocycles. The molecule has 18 heavy (non-hydrogen) atoms. The highest BCUT2D eigenvalue weighted by molar-refractivity contribution is 5.66. The van der Waals surface area contributed by atoms with Gasteiger partial charge in [-0.1, -0.05) is 17.3 Å². The number of rotatable bonds is 4. The average Bonchev–Trinajstić information content (AvgIpc) is 3.07. The van der Waals surface area contributed by atoms with Crippen LogP contribution in [0.1, 0.15) is 30.1 Å². The summed E-state index contributed by atoms with van der Waals surface area (Å²) in [6, 6.07) is 7.64. The lowest BCUT2D eigenvalue weighted by molar-refractivity contribution is 0.402. The minimum Gasteiger partial charge on any atom is -0.399 e. The monoisotopic (exact) mass is 241 g/mol. The fourth-order valence-electron chi connectivity index (χ4n) is 1.77. The topological polar surface area (TPSA) is 64.9 Å². The Labute approximate surface area is 106 Å². The molecule has 2 aromatic rings. The van der Waals surface area contributed by atoms with Gasteiger partial charge >= 0.3 is 0 Å². The van der Waals surface area contributed by atoms with Crippen molar-refractivity contribution >= 4 is 17.8 Å². The van der Waals surface area contributed by atoms with E-state index in [0.717, 1.165) is 29.4 Å². The van der Waals surface area contributed by atoms with Gasteiger partial charge in [0.15, 0.2) is 5.82 Å². The smallest absolute Gasteiger partial charge is 0.250 e. The van der Waals surface area contributed by atoms with Gasteiger partial charge in [0.05, 0.1) is 0 Å². The maximum absolute atomic E-state index is 5.62. The molecule has 0 bridgehead atoms. The highest BCUT2D eigenvalue weighted by atomic mass is 16.5. The molecular weight excluding hydrogens is 226 g/mol. The van der Waals surface area contributed by atoms with E-state index < -0.39 is 0 Å². The molecule has 4 heteroatoms. The molecule has 0 aliphatic heterocycles. The molecule has 0 atom stereocenters. The first-order valence-corrected chi connectivity index (χ1v) is 6.16. The molecule has 0 unspecified atom stereocenters. The van der Waals surface area contributed by atoms with Crippen molar-refractivity contribution in [1.29, 1.82) is 0 Å². The summed E-state index contributed by atoms with van der Waals surface area (Å²) < 4.78 is 5.17. The second-order valence-corrected chi connectivity index (χ2v) is 4.70. The second kappa shape index (κ2) is 4.64. The van der Waals surface area contributed by atoms with E-state index in [1.807, 2.05) is 36.4 Å². The van der Waals surface area contributed by atoms with Crippen molar-refractivity contribution in [1.82, 2.24) is 10.1 Å². The number of benzene rings is 1. The summed E-state index contributed by atoms with van der Waals surface area (Å²) in [6.07, 6.45) is 7.30. The van der Waals surface area contributed by atoms with Crippen LogP contribution in [0.5, 0.6) is 0 Å². The predicted octanol–water partition coefficient (Wildman–Crippen LogP) is 2.77. The molecule has 3 rings (SSSR count). The number of nitrogens with zero attached hydrogens (tertiary/aromatic N) is 2. The largest absolute Gasteiger partial charge is 0.399 e. The van der Waals surface area contributed by atoms with E-state index in [4.69, 9.17) is 10.3 Å². The number of nitrogen functional groups attached to an aromatic ring is 1. The summed E-state index contributed by atoms with van der Waals surface area (Å²) in [7, 11) is 0. The Morgan fingerprint density at radius 1 is 1.22 bits per heavy atom. The van der Waals surface area contributed by atoms with Crippen molar-refractivity contribution in [2.24, 2.45) is 5.92 Å². The van der Waals surface area contributed by atoms with E-state index in [9.17, 15) is 0 Å². The highest BCUT2D eigenvalue weighted by Gasteiger charge is 2.23. The molecule has 0 spiro atoms. The Hall–Kier alpha value is -2.10. The van der Waals surface area contributed by atoms with Gasteiger partial charge in [0.2, 0.25) is 0 Å². The quantitative estimate of drug-likeness (QED) is 0.836. The lowest BCUT2D eigenvalue weighted by atomic mass is 10.2. The van der Waals surface area contributed by atoms with E-state index in [1.165, 1.54) is 12.8 Å². The van der Waals surface area contributed by atoms with Crippen molar-refractivity contribution < 1.29 is 4.52 Å². The van der Waals surface area contributed by atoms with Gasteiger partial charge in [-0.2, -0.15) is 4.98 Å². The fraction of sp³-hybridized carbons (Fsp3) is 0.286. The second-order valence-electron chi connectivity index (χ2n) is 4.70. The van der Waals surface area contributed by atoms with Crippen molar-refractivity contribution in [3.63, 3.8) is 0 Å². The van der Waals surface area contributed by atoms with E-state index >= 15 is 0 Å². The van der Waals surface area contributed by atoms with Gasteiger partial charge in [-0.25, -0.2) is 0 Å². The molecule has 0 amide bonds. The van der Waals surface area contributed by atoms with Gasteiger partial charge in [0, 0.05) is 18.2 Å². The molecule has 0 radical (unpaired) electrons. The Bertz CT molecular complexity index is 553. The molecule has 1 saturated carbocycles. The van der Waals surface area contributed by atoms with Crippen LogP contribution in [0, 0.1) is 5.92 Å². The van der Waals surface area contributed by atoms with Gasteiger partial charge < -0.3 is 10.3 Å². The SMILES string of the molecule is Nc1ccc(/C=C/c2nc(CC3CC3)no2)cc1. The maximum atomic E-state index is 5.62. The van der Waals surface area contributed by atoms with Crippen LogP contribution in [0.25, 0.3) is 12.2 Å². The summed E-state index contributed by atoms with van der Waals surface area (Å²) in [5.74, 6) is 2.15. The molecule has 0 saturated heterocycles. The van der Waals surface area contributed by atoms with Crippen molar-refractivity contribution in [3.05, 3.63) is 41.5 Å². The van der Waals surface area contributed by atoms with Crippen LogP contribution in [0.4, 0.5) is 5.69 Å². The van der Waals surface area contributed by atoms with Crippen LogP contribution in [-0.4, -0.2) is 10.1 Å². The third-order valence-corrected chi connectivity index (χ3v) is 3.01. The van der Waals surface area contributed by atoms with Crippen molar-refractivity contribution in [2.75, 3.05) is 5.73 Å². The van der Waals surface area contributed by atoms with Gasteiger partial charge in [0.25, 0.3) is 5.89 Å². The van der Waals surface area contributed by atoms with Crippen LogP contribution >= 0.6 is 0 Å². The average molecular weight is 241 g/mol. The molecule has 1 fully saturated rings. The summed E-state index contributed by atoms with van der Waals surface area (Å²) in [5.41, 5.74) is 7.45. The van der Waals surface area contributed by atoms with E-state index in [1.54, 1.807) is 0 Å². The van der Waals surface area contributed by atoms with Crippen LogP contribution in [0.3, 0.4) is 0 Å². The number of anilines is 1. The normalized spacial score (nSPS) is 15.3. The number of hydrogen-bond donors (Lipinski definition) is 1. The number of nitrogens with two attached hydrogens (primary N) is 1. The van der Waals surface area contributed by atoms with Crippen molar-refractivity contribution in [2.45, 2.75) is 19.3 Å². The van der Waals surface area contributed by atoms with Crippen LogP contribution < -0.4 is 5.73 Å². The Kier molecular flexibility index (Phi) is 2.84. The maximum Gasteiger partial charge on any atom is 0.250 e. The van der Waals surface area contributed by atoms with Gasteiger partial charge in [-0.3, -0.25) is 0 Å². The van der Waals surface area contributed by atoms with E-state index in [2.05, 4.69) is 10.1 Å². The first-order chi connectivity index (χ1) is 8.79. The minimum atomic E-state index is 0.558. The molecule has 4 nitrogen and oxygen atoms in total. The van der Waals surface area contributed by atoms with Gasteiger partial charge in [0.1, 0.15) is 0 Å². The third kappa shape index (κ3) is 2.77. The van der Waals surface area contributed by atoms with Crippen LogP contribution in [-0.2, 0) is 6.42 Å². The summed E-state index contributed by atoms with van der Waals surface area (Å²) in [4.78, 5) is 4.33. The fourth-order valence-corrected chi connectivity index (χ4v) is 1.77. The molecule has 1 aromatic heterocycles. The lowest BCUT2D eigenvalue weighted by Gasteiger charge is -1.93. The Balaban J connectivity index is 1.67. The molecule has 1 aliphatic carbocycles. The van der Waals surface area contributed by atoms with Crippen LogP contribution in [0.2, 0.25) is 0 Å². The Morgan fingerprint density at radius 3 is 2.72 bits per heavy atom. The first kappa shape index (κ1) is 11.0. The molecule has 1 heterocycles. The molecule has 2 N–H and O–H groups in total. The minimum absolute atomic E-state index is 0.558.